The van der Waals surface area contributed by atoms with Crippen molar-refractivity contribution in [1.29, 1.82) is 0 Å². The van der Waals surface area contributed by atoms with Gasteiger partial charge in [-0.15, -0.1) is 0 Å². The van der Waals surface area contributed by atoms with E-state index in [1.807, 2.05) is 6.08 Å². The van der Waals surface area contributed by atoms with Crippen LogP contribution in [0, 0.1) is 10.1 Å². The first-order valence-electron chi connectivity index (χ1n) is 3.62. The Bertz CT molecular complexity index is 190. The smallest absolute Gasteiger partial charge is 0.232 e. The van der Waals surface area contributed by atoms with Crippen molar-refractivity contribution in [2.45, 2.75) is 24.9 Å². The van der Waals surface area contributed by atoms with Gasteiger partial charge < -0.3 is 5.11 Å². The second-order valence-electron chi connectivity index (χ2n) is 2.93. The molecule has 4 nitrogen and oxygen atoms in total. The van der Waals surface area contributed by atoms with Gasteiger partial charge in [-0.2, -0.15) is 0 Å². The van der Waals surface area contributed by atoms with Gasteiger partial charge >= 0.3 is 0 Å². The highest BCUT2D eigenvalue weighted by atomic mass is 16.6. The highest BCUT2D eigenvalue weighted by Gasteiger charge is 2.32. The molecule has 0 aromatic carbocycles. The van der Waals surface area contributed by atoms with Crippen LogP contribution in [-0.4, -0.2) is 22.2 Å². The molecule has 0 aliphatic heterocycles. The summed E-state index contributed by atoms with van der Waals surface area (Å²) in [6, 6.07) is 0. The summed E-state index contributed by atoms with van der Waals surface area (Å²) in [4.78, 5) is 9.64. The summed E-state index contributed by atoms with van der Waals surface area (Å²) < 4.78 is 0. The van der Waals surface area contributed by atoms with E-state index in [0.717, 1.165) is 6.42 Å². The molecule has 0 amide bonds. The third-order valence-electron chi connectivity index (χ3n) is 1.86. The normalized spacial score (nSPS) is 30.3. The fourth-order valence-electron chi connectivity index (χ4n) is 1.26. The third-order valence-corrected chi connectivity index (χ3v) is 1.86. The molecule has 0 aromatic heterocycles. The van der Waals surface area contributed by atoms with Crippen molar-refractivity contribution in [3.05, 3.63) is 22.3 Å². The number of nitro groups is 1. The lowest BCUT2D eigenvalue weighted by molar-refractivity contribution is -0.501. The van der Waals surface area contributed by atoms with E-state index < -0.39 is 10.5 Å². The van der Waals surface area contributed by atoms with E-state index in [-0.39, 0.29) is 6.54 Å². The van der Waals surface area contributed by atoms with Crippen molar-refractivity contribution >= 4 is 0 Å². The van der Waals surface area contributed by atoms with Crippen LogP contribution in [-0.2, 0) is 0 Å². The minimum Gasteiger partial charge on any atom is -0.383 e. The lowest BCUT2D eigenvalue weighted by Gasteiger charge is -2.24. The van der Waals surface area contributed by atoms with Crippen LogP contribution in [0.25, 0.3) is 0 Å². The number of nitrogens with zero attached hydrogens (tertiary/aromatic N) is 1. The van der Waals surface area contributed by atoms with Gasteiger partial charge in [0, 0.05) is 11.3 Å². The van der Waals surface area contributed by atoms with Crippen LogP contribution < -0.4 is 0 Å². The summed E-state index contributed by atoms with van der Waals surface area (Å²) >= 11 is 0. The molecule has 1 aliphatic rings. The predicted octanol–water partition coefficient (Wildman–Crippen LogP) is 0.734. The van der Waals surface area contributed by atoms with Crippen LogP contribution in [0.2, 0.25) is 0 Å². The van der Waals surface area contributed by atoms with E-state index in [9.17, 15) is 15.2 Å². The summed E-state index contributed by atoms with van der Waals surface area (Å²) in [5.41, 5.74) is -1.09. The van der Waals surface area contributed by atoms with Gasteiger partial charge in [0.15, 0.2) is 0 Å². The molecular weight excluding hydrogens is 146 g/mol. The molecule has 0 heterocycles. The molecule has 4 heteroatoms. The van der Waals surface area contributed by atoms with Crippen molar-refractivity contribution in [3.63, 3.8) is 0 Å². The Morgan fingerprint density at radius 2 is 2.36 bits per heavy atom. The van der Waals surface area contributed by atoms with Crippen molar-refractivity contribution in [2.24, 2.45) is 0 Å². The molecule has 0 fully saturated rings. The summed E-state index contributed by atoms with van der Waals surface area (Å²) in [6.45, 7) is -0.336. The second-order valence-corrected chi connectivity index (χ2v) is 2.93. The monoisotopic (exact) mass is 157 g/mol. The van der Waals surface area contributed by atoms with Crippen molar-refractivity contribution in [2.75, 3.05) is 6.54 Å². The highest BCUT2D eigenvalue weighted by molar-refractivity contribution is 4.98. The van der Waals surface area contributed by atoms with Crippen LogP contribution in [0.15, 0.2) is 12.2 Å². The van der Waals surface area contributed by atoms with Gasteiger partial charge in [0.25, 0.3) is 0 Å². The number of rotatable bonds is 2. The standard InChI is InChI=1S/C7H11NO3/c9-7(6-8(10)11)4-2-1-3-5-7/h1-2,9H,3-6H2. The molecule has 0 saturated heterocycles. The van der Waals surface area contributed by atoms with Crippen molar-refractivity contribution in [1.82, 2.24) is 0 Å². The number of hydrogen-bond donors (Lipinski definition) is 1. The molecule has 1 rings (SSSR count). The zero-order valence-electron chi connectivity index (χ0n) is 6.19. The fraction of sp³-hybridized carbons (Fsp3) is 0.714. The Labute approximate surface area is 64.7 Å². The van der Waals surface area contributed by atoms with Crippen molar-refractivity contribution in [3.8, 4) is 0 Å². The van der Waals surface area contributed by atoms with Crippen LogP contribution in [0.1, 0.15) is 19.3 Å². The quantitative estimate of drug-likeness (QED) is 0.365. The number of hydrogen-bond acceptors (Lipinski definition) is 3. The fourth-order valence-corrected chi connectivity index (χ4v) is 1.26. The average Bonchev–Trinajstić information content (AvgIpc) is 1.85. The van der Waals surface area contributed by atoms with E-state index in [0.29, 0.717) is 12.8 Å². The molecule has 62 valence electrons. The summed E-state index contributed by atoms with van der Waals surface area (Å²) in [6.07, 6.45) is 5.39. The number of allylic oxidation sites excluding steroid dienone is 1. The van der Waals surface area contributed by atoms with Gasteiger partial charge in [-0.1, -0.05) is 12.2 Å². The second kappa shape index (κ2) is 3.00. The molecule has 11 heavy (non-hydrogen) atoms. The maximum absolute atomic E-state index is 10.1. The minimum atomic E-state index is -1.09. The Kier molecular flexibility index (Phi) is 2.24. The van der Waals surface area contributed by atoms with Gasteiger partial charge in [-0.3, -0.25) is 10.1 Å². The largest absolute Gasteiger partial charge is 0.383 e. The molecule has 0 aromatic rings. The van der Waals surface area contributed by atoms with Gasteiger partial charge in [0.1, 0.15) is 5.60 Å². The van der Waals surface area contributed by atoms with E-state index in [2.05, 4.69) is 0 Å². The minimum absolute atomic E-state index is 0.336. The molecule has 1 unspecified atom stereocenters. The SMILES string of the molecule is O=[N+]([O-])CC1(O)CC=CCC1. The van der Waals surface area contributed by atoms with Crippen LogP contribution in [0.5, 0.6) is 0 Å². The topological polar surface area (TPSA) is 63.4 Å². The number of aliphatic hydroxyl groups is 1. The highest BCUT2D eigenvalue weighted by Crippen LogP contribution is 2.22. The molecule has 1 aliphatic carbocycles. The predicted molar refractivity (Wildman–Crippen MR) is 39.8 cm³/mol. The molecule has 0 spiro atoms. The van der Waals surface area contributed by atoms with Gasteiger partial charge in [0.2, 0.25) is 6.54 Å². The average molecular weight is 157 g/mol. The van der Waals surface area contributed by atoms with Gasteiger partial charge in [-0.05, 0) is 12.8 Å². The van der Waals surface area contributed by atoms with E-state index in [1.54, 1.807) is 6.08 Å². The lowest BCUT2D eigenvalue weighted by atomic mass is 9.90. The molecular formula is C7H11NO3. The lowest BCUT2D eigenvalue weighted by Crippen LogP contribution is -2.37. The first-order chi connectivity index (χ1) is 5.12. The Hall–Kier alpha value is -0.900. The van der Waals surface area contributed by atoms with E-state index in [1.165, 1.54) is 0 Å². The summed E-state index contributed by atoms with van der Waals surface area (Å²) in [5, 5.41) is 19.6. The third kappa shape index (κ3) is 2.31. The van der Waals surface area contributed by atoms with Crippen molar-refractivity contribution < 1.29 is 10.0 Å². The molecule has 0 bridgehead atoms. The van der Waals surface area contributed by atoms with Crippen LogP contribution >= 0.6 is 0 Å². The maximum atomic E-state index is 10.1. The van der Waals surface area contributed by atoms with E-state index in [4.69, 9.17) is 0 Å². The summed E-state index contributed by atoms with van der Waals surface area (Å²) in [5.74, 6) is 0. The van der Waals surface area contributed by atoms with Crippen LogP contribution in [0.3, 0.4) is 0 Å². The molecule has 0 radical (unpaired) electrons. The molecule has 1 N–H and O–H groups in total. The molecule has 0 saturated carbocycles. The summed E-state index contributed by atoms with van der Waals surface area (Å²) in [7, 11) is 0. The Balaban J connectivity index is 2.52. The first kappa shape index (κ1) is 8.20. The first-order valence-corrected chi connectivity index (χ1v) is 3.62. The van der Waals surface area contributed by atoms with Crippen LogP contribution in [0.4, 0.5) is 0 Å². The zero-order valence-corrected chi connectivity index (χ0v) is 6.19. The van der Waals surface area contributed by atoms with Gasteiger partial charge in [0.05, 0.1) is 0 Å². The zero-order chi connectivity index (χ0) is 8.32. The maximum Gasteiger partial charge on any atom is 0.232 e. The van der Waals surface area contributed by atoms with E-state index >= 15 is 0 Å². The molecule has 1 atom stereocenters. The van der Waals surface area contributed by atoms with Gasteiger partial charge in [-0.25, -0.2) is 0 Å². The Morgan fingerprint density at radius 1 is 1.64 bits per heavy atom. The Morgan fingerprint density at radius 3 is 2.82 bits per heavy atom.